The number of amides is 4. The highest BCUT2D eigenvalue weighted by Crippen LogP contribution is 2.33. The number of ketones is 1. The van der Waals surface area contributed by atoms with Crippen molar-refractivity contribution < 1.29 is 48.1 Å². The van der Waals surface area contributed by atoms with Crippen LogP contribution in [0.5, 0.6) is 0 Å². The van der Waals surface area contributed by atoms with Crippen molar-refractivity contribution in [2.45, 2.75) is 71.1 Å². The fraction of sp³-hybridized carbons (Fsp3) is 0.536. The summed E-state index contributed by atoms with van der Waals surface area (Å²) in [6.45, 7) is 5.59. The van der Waals surface area contributed by atoms with Crippen molar-refractivity contribution in [1.29, 1.82) is 0 Å². The summed E-state index contributed by atoms with van der Waals surface area (Å²) in [5.74, 6) is -2.70. The second-order valence-electron chi connectivity index (χ2n) is 11.1. The van der Waals surface area contributed by atoms with Gasteiger partial charge < -0.3 is 10.6 Å². The van der Waals surface area contributed by atoms with E-state index in [1.165, 1.54) is 18.2 Å². The monoisotopic (exact) mass is 636 g/mol. The molecule has 0 aliphatic carbocycles. The van der Waals surface area contributed by atoms with E-state index in [4.69, 9.17) is 0 Å². The quantitative estimate of drug-likeness (QED) is 0.0525. The van der Waals surface area contributed by atoms with Gasteiger partial charge >= 0.3 is 8.69 Å². The lowest BCUT2D eigenvalue weighted by atomic mass is 9.85. The molecular formula is C28H37N4O11P. The number of hydrogen-bond donors (Lipinski definition) is 2. The number of anilines is 1. The summed E-state index contributed by atoms with van der Waals surface area (Å²) in [6, 6.07) is 4.46. The molecule has 1 aromatic rings. The number of hydrogen-bond acceptors (Lipinski definition) is 11. The Morgan fingerprint density at radius 2 is 1.77 bits per heavy atom. The molecule has 16 heteroatoms. The second kappa shape index (κ2) is 18.0. The largest absolute Gasteiger partial charge is 0.361 e. The molecule has 0 bridgehead atoms. The molecule has 240 valence electrons. The Labute approximate surface area is 255 Å². The Hall–Kier alpha value is -3.91. The Morgan fingerprint density at radius 3 is 2.41 bits per heavy atom. The molecule has 1 atom stereocenters. The average molecular weight is 637 g/mol. The summed E-state index contributed by atoms with van der Waals surface area (Å²) in [4.78, 5) is 78.0. The molecule has 0 radical (unpaired) electrons. The van der Waals surface area contributed by atoms with Gasteiger partial charge in [0.15, 0.2) is 0 Å². The van der Waals surface area contributed by atoms with Crippen molar-refractivity contribution >= 4 is 49.5 Å². The molecule has 1 aliphatic heterocycles. The summed E-state index contributed by atoms with van der Waals surface area (Å²) in [7, 11) is -0.770. The number of benzene rings is 1. The number of nitrogens with one attached hydrogen (secondary N) is 2. The zero-order chi connectivity index (χ0) is 32.7. The van der Waals surface area contributed by atoms with E-state index in [-0.39, 0.29) is 74.4 Å². The molecule has 2 rings (SSSR count). The van der Waals surface area contributed by atoms with Crippen LogP contribution in [-0.2, 0) is 48.6 Å². The molecule has 0 aromatic heterocycles. The summed E-state index contributed by atoms with van der Waals surface area (Å²) in [5.41, 5.74) is 0.185. The van der Waals surface area contributed by atoms with Gasteiger partial charge in [-0.15, -0.1) is 4.67 Å². The average Bonchev–Trinajstić information content (AvgIpc) is 3.27. The van der Waals surface area contributed by atoms with Gasteiger partial charge in [-0.25, -0.2) is 9.45 Å². The van der Waals surface area contributed by atoms with Gasteiger partial charge in [0.05, 0.1) is 11.5 Å². The van der Waals surface area contributed by atoms with Gasteiger partial charge in [-0.05, 0) is 36.8 Å². The van der Waals surface area contributed by atoms with E-state index in [0.29, 0.717) is 24.8 Å². The lowest BCUT2D eigenvalue weighted by molar-refractivity contribution is -0.463. The van der Waals surface area contributed by atoms with Crippen molar-refractivity contribution in [3.05, 3.63) is 46.0 Å². The Bertz CT molecular complexity index is 1240. The van der Waals surface area contributed by atoms with Crippen LogP contribution < -0.4 is 10.6 Å². The molecule has 1 aromatic carbocycles. The van der Waals surface area contributed by atoms with Crippen molar-refractivity contribution in [2.24, 2.45) is 5.92 Å². The van der Waals surface area contributed by atoms with E-state index in [2.05, 4.69) is 25.2 Å². The van der Waals surface area contributed by atoms with E-state index in [0.717, 1.165) is 4.90 Å². The fourth-order valence-corrected chi connectivity index (χ4v) is 4.51. The third kappa shape index (κ3) is 12.4. The number of nitrogens with zero attached hydrogens (tertiary/aromatic N) is 2. The van der Waals surface area contributed by atoms with E-state index in [9.17, 15) is 38.7 Å². The minimum Gasteiger partial charge on any atom is -0.355 e. The molecule has 0 spiro atoms. The summed E-state index contributed by atoms with van der Waals surface area (Å²) in [5, 5.41) is 20.9. The first-order chi connectivity index (χ1) is 20.8. The first-order valence-corrected chi connectivity index (χ1v) is 14.8. The highest BCUT2D eigenvalue weighted by Gasteiger charge is 2.26. The van der Waals surface area contributed by atoms with E-state index >= 15 is 0 Å². The molecule has 0 fully saturated rings. The number of Topliss-reactive ketones (excluding diaryl/α,β-unsaturated/α-hetero) is 1. The van der Waals surface area contributed by atoms with E-state index in [1.807, 2.05) is 20.8 Å². The third-order valence-electron chi connectivity index (χ3n) is 6.68. The normalized spacial score (nSPS) is 13.8. The fourth-order valence-electron chi connectivity index (χ4n) is 4.44. The van der Waals surface area contributed by atoms with Gasteiger partial charge in [0, 0.05) is 67.7 Å². The number of carbonyl (C=O) groups excluding carboxylic acids is 5. The standard InChI is InChI=1S/C28H37N4O11P/c1-28(2,3)22-9-8-20(18-23(22)32(38)39)30-24(34)12-14-29-27(37)19(13-16-41-42-43-44-40)17-21(33)7-5-4-6-15-31-25(35)10-11-26(31)36/h8-11,18-19H,4-7,12-17H2,1-3H3,(H,29,37)(H,30,34)/t19-/m1/s1. The van der Waals surface area contributed by atoms with Gasteiger partial charge in [0.1, 0.15) is 5.78 Å². The molecule has 0 unspecified atom stereocenters. The van der Waals surface area contributed by atoms with Crippen molar-refractivity contribution in [2.75, 3.05) is 25.0 Å². The van der Waals surface area contributed by atoms with Gasteiger partial charge in [-0.1, -0.05) is 32.2 Å². The maximum Gasteiger partial charge on any atom is 0.361 e. The summed E-state index contributed by atoms with van der Waals surface area (Å²) < 4.78 is 14.3. The highest BCUT2D eigenvalue weighted by molar-refractivity contribution is 7.17. The zero-order valence-corrected chi connectivity index (χ0v) is 25.8. The lowest BCUT2D eigenvalue weighted by Crippen LogP contribution is -2.34. The summed E-state index contributed by atoms with van der Waals surface area (Å²) >= 11 is 0. The molecule has 2 N–H and O–H groups in total. The maximum atomic E-state index is 12.9. The predicted octanol–water partition coefficient (Wildman–Crippen LogP) is 3.87. The number of imide groups is 1. The zero-order valence-electron chi connectivity index (χ0n) is 24.9. The smallest absolute Gasteiger partial charge is 0.355 e. The predicted molar refractivity (Wildman–Crippen MR) is 156 cm³/mol. The van der Waals surface area contributed by atoms with Crippen molar-refractivity contribution in [3.8, 4) is 0 Å². The molecule has 44 heavy (non-hydrogen) atoms. The van der Waals surface area contributed by atoms with Gasteiger partial charge in [0.2, 0.25) is 11.8 Å². The lowest BCUT2D eigenvalue weighted by Gasteiger charge is -2.19. The molecule has 1 heterocycles. The van der Waals surface area contributed by atoms with Crippen LogP contribution >= 0.6 is 8.69 Å². The Balaban J connectivity index is 1.83. The SMILES string of the molecule is CC(C)(C)c1ccc(NC(=O)CCNC(=O)[C@H](CCOOOP=O)CC(=O)CCCCCN2C(=O)C=CC2=O)cc1[N+](=O)[O-]. The molecule has 0 saturated carbocycles. The van der Waals surface area contributed by atoms with Crippen LogP contribution in [0.1, 0.15) is 71.3 Å². The molecule has 4 amide bonds. The van der Waals surface area contributed by atoms with Crippen LogP contribution in [0.15, 0.2) is 30.4 Å². The topological polar surface area (TPSA) is 201 Å². The van der Waals surface area contributed by atoms with Crippen LogP contribution in [0.2, 0.25) is 0 Å². The van der Waals surface area contributed by atoms with Crippen LogP contribution in [0, 0.1) is 16.0 Å². The highest BCUT2D eigenvalue weighted by atomic mass is 31.1. The van der Waals surface area contributed by atoms with Gasteiger partial charge in [-0.2, -0.15) is 0 Å². The molecule has 15 nitrogen and oxygen atoms in total. The number of nitro groups is 1. The van der Waals surface area contributed by atoms with E-state index in [1.54, 1.807) is 12.1 Å². The Kier molecular flexibility index (Phi) is 14.9. The third-order valence-corrected chi connectivity index (χ3v) is 6.80. The molecular weight excluding hydrogens is 599 g/mol. The Morgan fingerprint density at radius 1 is 1.07 bits per heavy atom. The number of carbonyl (C=O) groups is 5. The van der Waals surface area contributed by atoms with Crippen LogP contribution in [0.25, 0.3) is 0 Å². The first-order valence-electron chi connectivity index (χ1n) is 14.0. The second-order valence-corrected chi connectivity index (χ2v) is 11.4. The van der Waals surface area contributed by atoms with Crippen LogP contribution in [-0.4, -0.2) is 58.9 Å². The molecule has 1 aliphatic rings. The number of nitro benzene ring substituents is 1. The van der Waals surface area contributed by atoms with Crippen molar-refractivity contribution in [1.82, 2.24) is 10.2 Å². The minimum absolute atomic E-state index is 0.0544. The maximum absolute atomic E-state index is 12.9. The van der Waals surface area contributed by atoms with E-state index < -0.39 is 36.8 Å². The van der Waals surface area contributed by atoms with Crippen LogP contribution in [0.4, 0.5) is 11.4 Å². The van der Waals surface area contributed by atoms with Crippen molar-refractivity contribution in [3.63, 3.8) is 0 Å². The number of unbranched alkanes of at least 4 members (excludes halogenated alkanes) is 2. The molecule has 0 saturated heterocycles. The van der Waals surface area contributed by atoms with Gasteiger partial charge in [-0.3, -0.25) is 39.0 Å². The van der Waals surface area contributed by atoms with Crippen LogP contribution in [0.3, 0.4) is 0 Å². The minimum atomic E-state index is -0.822. The first kappa shape index (κ1) is 36.3. The number of rotatable bonds is 20. The van der Waals surface area contributed by atoms with Gasteiger partial charge in [0.25, 0.3) is 17.5 Å². The summed E-state index contributed by atoms with van der Waals surface area (Å²) in [6.07, 6.45) is 4.06.